The molecule has 3 aliphatic heterocycles. The fraction of sp³-hybridized carbons (Fsp3) is 0.368. The minimum Gasteiger partial charge on any atom is -0.273 e. The minimum atomic E-state index is -3.11. The van der Waals surface area contributed by atoms with Crippen molar-refractivity contribution in [2.75, 3.05) is 19.3 Å². The first-order valence-corrected chi connectivity index (χ1v) is 11.4. The molecule has 150 valence electrons. The van der Waals surface area contributed by atoms with Gasteiger partial charge >= 0.3 is 0 Å². The Balaban J connectivity index is 1.53. The van der Waals surface area contributed by atoms with Crippen LogP contribution in [0.2, 0.25) is 0 Å². The van der Waals surface area contributed by atoms with Crippen LogP contribution < -0.4 is 11.0 Å². The van der Waals surface area contributed by atoms with E-state index < -0.39 is 20.8 Å². The number of benzene rings is 1. The van der Waals surface area contributed by atoms with Gasteiger partial charge in [0.1, 0.15) is 0 Å². The molecule has 0 aliphatic carbocycles. The molecule has 5 rings (SSSR count). The molecule has 4 heterocycles. The maximum absolute atomic E-state index is 12.1. The summed E-state index contributed by atoms with van der Waals surface area (Å²) in [7, 11) is -3.11. The van der Waals surface area contributed by atoms with Crippen LogP contribution in [-0.4, -0.2) is 66.4 Å². The Morgan fingerprint density at radius 2 is 2.21 bits per heavy atom. The summed E-state index contributed by atoms with van der Waals surface area (Å²) in [5.74, 6) is 1.07. The molecule has 0 spiro atoms. The monoisotopic (exact) mass is 411 g/mol. The lowest BCUT2D eigenvalue weighted by molar-refractivity contribution is 0.197. The standard InChI is InChI=1S/C19H21N7O2S/c1-29(27,28)15-6-8-26(11-15)19(12-21-17-18(22-19)24-25-23-17)10-13-4-5-16-14(9-13)3-2-7-20-16/h2-5,7,9,12,15H,6,8,10-11H2,1H3,(H2,22,23,24,25). The van der Waals surface area contributed by atoms with Crippen LogP contribution in [0.3, 0.4) is 0 Å². The van der Waals surface area contributed by atoms with Gasteiger partial charge in [-0.1, -0.05) is 12.1 Å². The van der Waals surface area contributed by atoms with Crippen molar-refractivity contribution in [1.29, 1.82) is 0 Å². The lowest BCUT2D eigenvalue weighted by atomic mass is 9.97. The fourth-order valence-corrected chi connectivity index (χ4v) is 5.10. The Bertz CT molecular complexity index is 1170. The predicted molar refractivity (Wildman–Crippen MR) is 113 cm³/mol. The van der Waals surface area contributed by atoms with Gasteiger partial charge < -0.3 is 0 Å². The molecule has 10 heteroatoms. The van der Waals surface area contributed by atoms with Gasteiger partial charge in [-0.3, -0.25) is 15.3 Å². The molecule has 1 aromatic heterocycles. The smallest absolute Gasteiger partial charge is 0.217 e. The number of likely N-dealkylation sites (tertiary alicyclic amines) is 1. The highest BCUT2D eigenvalue weighted by atomic mass is 32.2. The van der Waals surface area contributed by atoms with Gasteiger partial charge in [-0.05, 0) is 30.2 Å². The number of hydrogen-bond acceptors (Lipinski definition) is 9. The van der Waals surface area contributed by atoms with E-state index in [1.807, 2.05) is 24.3 Å². The zero-order chi connectivity index (χ0) is 20.1. The first-order valence-electron chi connectivity index (χ1n) is 9.45. The summed E-state index contributed by atoms with van der Waals surface area (Å²) in [4.78, 5) is 15.9. The van der Waals surface area contributed by atoms with E-state index in [9.17, 15) is 8.42 Å². The van der Waals surface area contributed by atoms with Crippen molar-refractivity contribution in [3.63, 3.8) is 0 Å². The second-order valence-electron chi connectivity index (χ2n) is 7.66. The third-order valence-corrected chi connectivity index (χ3v) is 7.27. The van der Waals surface area contributed by atoms with Crippen molar-refractivity contribution in [3.8, 4) is 0 Å². The van der Waals surface area contributed by atoms with Crippen molar-refractivity contribution < 1.29 is 8.42 Å². The third-order valence-electron chi connectivity index (χ3n) is 5.68. The predicted octanol–water partition coefficient (Wildman–Crippen LogP) is 0.497. The van der Waals surface area contributed by atoms with Crippen molar-refractivity contribution in [2.45, 2.75) is 23.8 Å². The highest BCUT2D eigenvalue weighted by Crippen LogP contribution is 2.31. The van der Waals surface area contributed by atoms with E-state index in [0.717, 1.165) is 16.5 Å². The quantitative estimate of drug-likeness (QED) is 0.758. The van der Waals surface area contributed by atoms with E-state index in [1.54, 1.807) is 12.4 Å². The number of aromatic nitrogens is 1. The van der Waals surface area contributed by atoms with Crippen LogP contribution >= 0.6 is 0 Å². The normalized spacial score (nSPS) is 26.6. The summed E-state index contributed by atoms with van der Waals surface area (Å²) >= 11 is 0. The molecule has 2 N–H and O–H groups in total. The Labute approximate surface area is 168 Å². The van der Waals surface area contributed by atoms with Crippen LogP contribution in [0.25, 0.3) is 10.9 Å². The zero-order valence-corrected chi connectivity index (χ0v) is 16.7. The number of amidine groups is 2. The highest BCUT2D eigenvalue weighted by Gasteiger charge is 2.44. The van der Waals surface area contributed by atoms with Crippen LogP contribution in [0, 0.1) is 0 Å². The Morgan fingerprint density at radius 1 is 1.31 bits per heavy atom. The number of sulfone groups is 1. The number of hydrogen-bond donors (Lipinski definition) is 2. The molecule has 1 saturated heterocycles. The molecule has 0 radical (unpaired) electrons. The first-order chi connectivity index (χ1) is 13.9. The van der Waals surface area contributed by atoms with Crippen LogP contribution in [0.4, 0.5) is 0 Å². The molecule has 9 nitrogen and oxygen atoms in total. The van der Waals surface area contributed by atoms with Gasteiger partial charge in [0.15, 0.2) is 21.3 Å². The number of aliphatic imine (C=N–C) groups is 2. The molecule has 0 amide bonds. The van der Waals surface area contributed by atoms with Gasteiger partial charge in [0.05, 0.1) is 10.8 Å². The molecule has 29 heavy (non-hydrogen) atoms. The minimum absolute atomic E-state index is 0.390. The summed E-state index contributed by atoms with van der Waals surface area (Å²) < 4.78 is 24.2. The molecular formula is C19H21N7O2S. The lowest BCUT2D eigenvalue weighted by Crippen LogP contribution is -2.53. The summed E-state index contributed by atoms with van der Waals surface area (Å²) in [6.45, 7) is 1.06. The van der Waals surface area contributed by atoms with E-state index in [4.69, 9.17) is 4.99 Å². The van der Waals surface area contributed by atoms with E-state index in [0.29, 0.717) is 37.6 Å². The molecule has 0 bridgehead atoms. The maximum Gasteiger partial charge on any atom is 0.217 e. The van der Waals surface area contributed by atoms with Gasteiger partial charge in [0.25, 0.3) is 0 Å². The summed E-state index contributed by atoms with van der Waals surface area (Å²) in [5.41, 5.74) is 6.84. The highest BCUT2D eigenvalue weighted by molar-refractivity contribution is 7.91. The summed E-state index contributed by atoms with van der Waals surface area (Å²) in [5, 5.41) is 4.72. The second kappa shape index (κ2) is 6.60. The van der Waals surface area contributed by atoms with Gasteiger partial charge in [-0.15, -0.1) is 5.10 Å². The molecule has 2 aromatic rings. The number of fused-ring (bicyclic) bond motifs is 2. The molecule has 1 aromatic carbocycles. The second-order valence-corrected chi connectivity index (χ2v) is 9.99. The van der Waals surface area contributed by atoms with Crippen LogP contribution in [-0.2, 0) is 16.3 Å². The molecule has 1 fully saturated rings. The first kappa shape index (κ1) is 18.2. The van der Waals surface area contributed by atoms with Crippen LogP contribution in [0.15, 0.2) is 51.6 Å². The van der Waals surface area contributed by atoms with E-state index in [2.05, 4.69) is 37.0 Å². The fourth-order valence-electron chi connectivity index (χ4n) is 4.11. The van der Waals surface area contributed by atoms with Crippen molar-refractivity contribution >= 4 is 38.6 Å². The number of rotatable bonds is 4. The van der Waals surface area contributed by atoms with E-state index >= 15 is 0 Å². The topological polar surface area (TPSA) is 111 Å². The molecular weight excluding hydrogens is 390 g/mol. The number of hydrazine groups is 1. The van der Waals surface area contributed by atoms with Gasteiger partial charge in [-0.25, -0.2) is 23.9 Å². The Kier molecular flexibility index (Phi) is 4.14. The van der Waals surface area contributed by atoms with Crippen LogP contribution in [0.5, 0.6) is 0 Å². The molecule has 2 atom stereocenters. The number of nitrogens with one attached hydrogen (secondary N) is 2. The number of pyridine rings is 1. The third kappa shape index (κ3) is 3.28. The van der Waals surface area contributed by atoms with Crippen molar-refractivity contribution in [3.05, 3.63) is 42.1 Å². The average molecular weight is 411 g/mol. The van der Waals surface area contributed by atoms with Gasteiger partial charge in [-0.2, -0.15) is 0 Å². The number of nitrogens with zero attached hydrogens (tertiary/aromatic N) is 5. The molecule has 0 saturated carbocycles. The SMILES string of the molecule is CS(=O)(=O)C1CCN(C2(Cc3ccc4ncccc4c3)C=NC3=NNNC3=N2)C1. The van der Waals surface area contributed by atoms with E-state index in [-0.39, 0.29) is 0 Å². The molecule has 3 aliphatic rings. The lowest BCUT2D eigenvalue weighted by Gasteiger charge is -2.37. The van der Waals surface area contributed by atoms with Crippen molar-refractivity contribution in [2.24, 2.45) is 15.1 Å². The number of hydrazone groups is 1. The van der Waals surface area contributed by atoms with Crippen molar-refractivity contribution in [1.82, 2.24) is 20.8 Å². The Morgan fingerprint density at radius 3 is 3.03 bits per heavy atom. The van der Waals surface area contributed by atoms with Gasteiger partial charge in [0.2, 0.25) is 5.84 Å². The zero-order valence-electron chi connectivity index (χ0n) is 15.9. The summed E-state index contributed by atoms with van der Waals surface area (Å²) in [6.07, 6.45) is 6.03. The maximum atomic E-state index is 12.1. The molecule has 2 unspecified atom stereocenters. The average Bonchev–Trinajstić information content (AvgIpc) is 3.37. The van der Waals surface area contributed by atoms with Crippen LogP contribution in [0.1, 0.15) is 12.0 Å². The van der Waals surface area contributed by atoms with Gasteiger partial charge in [0, 0.05) is 43.6 Å². The summed E-state index contributed by atoms with van der Waals surface area (Å²) in [6, 6.07) is 10.1. The van der Waals surface area contributed by atoms with E-state index in [1.165, 1.54) is 6.26 Å². The Hall–Kier alpha value is -2.85. The largest absolute Gasteiger partial charge is 0.273 e.